The Balaban J connectivity index is 0.00000106. The van der Waals surface area contributed by atoms with Crippen molar-refractivity contribution in [3.63, 3.8) is 0 Å². The van der Waals surface area contributed by atoms with Crippen LogP contribution in [-0.2, 0) is 6.61 Å². The number of aldehydes is 1. The Morgan fingerprint density at radius 3 is 2.52 bits per heavy atom. The molecule has 2 rings (SSSR count). The van der Waals surface area contributed by atoms with E-state index in [0.29, 0.717) is 17.2 Å². The highest BCUT2D eigenvalue weighted by molar-refractivity contribution is 6.30. The molecule has 0 aliphatic heterocycles. The summed E-state index contributed by atoms with van der Waals surface area (Å²) in [7, 11) is 0. The molecule has 21 heavy (non-hydrogen) atoms. The van der Waals surface area contributed by atoms with E-state index in [1.54, 1.807) is 12.1 Å². The second-order valence-electron chi connectivity index (χ2n) is 4.52. The first kappa shape index (κ1) is 17.0. The predicted molar refractivity (Wildman–Crippen MR) is 88.3 cm³/mol. The molecular formula is C18H19ClO2. The lowest BCUT2D eigenvalue weighted by Crippen LogP contribution is -2.01. The first-order chi connectivity index (χ1) is 10.1. The molecule has 0 atom stereocenters. The van der Waals surface area contributed by atoms with E-state index in [0.717, 1.165) is 28.7 Å². The van der Waals surface area contributed by atoms with Crippen molar-refractivity contribution in [2.45, 2.75) is 20.5 Å². The van der Waals surface area contributed by atoms with Gasteiger partial charge in [0.25, 0.3) is 0 Å². The van der Waals surface area contributed by atoms with Crippen LogP contribution in [0.15, 0.2) is 49.6 Å². The van der Waals surface area contributed by atoms with E-state index >= 15 is 0 Å². The highest BCUT2D eigenvalue weighted by Crippen LogP contribution is 2.22. The molecule has 0 amide bonds. The zero-order valence-corrected chi connectivity index (χ0v) is 13.1. The number of halogens is 1. The lowest BCUT2D eigenvalue weighted by atomic mass is 10.1. The molecule has 0 bridgehead atoms. The van der Waals surface area contributed by atoms with Crippen molar-refractivity contribution in [3.8, 4) is 5.75 Å². The van der Waals surface area contributed by atoms with E-state index in [2.05, 4.69) is 13.2 Å². The smallest absolute Gasteiger partial charge is 0.150 e. The summed E-state index contributed by atoms with van der Waals surface area (Å²) in [6, 6.07) is 11.3. The molecule has 0 fully saturated rings. The van der Waals surface area contributed by atoms with Crippen LogP contribution in [0.2, 0.25) is 5.02 Å². The van der Waals surface area contributed by atoms with Gasteiger partial charge in [-0.1, -0.05) is 29.8 Å². The van der Waals surface area contributed by atoms with E-state index in [-0.39, 0.29) is 0 Å². The van der Waals surface area contributed by atoms with E-state index < -0.39 is 0 Å². The molecular weight excluding hydrogens is 284 g/mol. The SMILES string of the molecule is C=C.Cc1ccc(C)c(OCc2ccc(Cl)cc2C=O)c1. The molecule has 0 spiro atoms. The van der Waals surface area contributed by atoms with Gasteiger partial charge >= 0.3 is 0 Å². The maximum atomic E-state index is 11.0. The minimum absolute atomic E-state index is 0.357. The van der Waals surface area contributed by atoms with Crippen LogP contribution in [0.25, 0.3) is 0 Å². The molecule has 0 unspecified atom stereocenters. The van der Waals surface area contributed by atoms with Crippen LogP contribution in [0.5, 0.6) is 5.75 Å². The van der Waals surface area contributed by atoms with Crippen LogP contribution in [0.1, 0.15) is 27.0 Å². The quantitative estimate of drug-likeness (QED) is 0.576. The second kappa shape index (κ2) is 8.28. The Labute approximate surface area is 131 Å². The number of ether oxygens (including phenoxy) is 1. The van der Waals surface area contributed by atoms with E-state index in [1.807, 2.05) is 38.1 Å². The number of carbonyl (C=O) groups is 1. The van der Waals surface area contributed by atoms with Crippen LogP contribution in [-0.4, -0.2) is 6.29 Å². The topological polar surface area (TPSA) is 26.3 Å². The molecule has 2 aromatic carbocycles. The molecule has 3 heteroatoms. The van der Waals surface area contributed by atoms with Gasteiger partial charge in [0, 0.05) is 10.6 Å². The average Bonchev–Trinajstić information content (AvgIpc) is 2.51. The minimum atomic E-state index is 0.357. The van der Waals surface area contributed by atoms with Crippen LogP contribution >= 0.6 is 11.6 Å². The second-order valence-corrected chi connectivity index (χ2v) is 4.96. The zero-order valence-electron chi connectivity index (χ0n) is 12.4. The van der Waals surface area contributed by atoms with Crippen molar-refractivity contribution >= 4 is 17.9 Å². The maximum absolute atomic E-state index is 11.0. The standard InChI is InChI=1S/C16H15ClO2.C2H4/c1-11-3-4-12(2)16(7-11)19-10-13-5-6-15(17)8-14(13)9-18;1-2/h3-9H,10H2,1-2H3;1-2H2. The van der Waals surface area contributed by atoms with Crippen molar-refractivity contribution in [2.24, 2.45) is 0 Å². The third kappa shape index (κ3) is 4.76. The fourth-order valence-electron chi connectivity index (χ4n) is 1.83. The number of rotatable bonds is 4. The Bertz CT molecular complexity index is 621. The summed E-state index contributed by atoms with van der Waals surface area (Å²) in [6.45, 7) is 10.4. The molecule has 0 saturated carbocycles. The van der Waals surface area contributed by atoms with Gasteiger partial charge < -0.3 is 4.74 Å². The van der Waals surface area contributed by atoms with Crippen molar-refractivity contribution in [2.75, 3.05) is 0 Å². The van der Waals surface area contributed by atoms with Gasteiger partial charge in [-0.05, 0) is 48.7 Å². The largest absolute Gasteiger partial charge is 0.489 e. The summed E-state index contributed by atoms with van der Waals surface area (Å²) in [5, 5.41) is 0.553. The normalized spacial score (nSPS) is 9.48. The Morgan fingerprint density at radius 1 is 1.14 bits per heavy atom. The van der Waals surface area contributed by atoms with Gasteiger partial charge in [0.1, 0.15) is 12.4 Å². The van der Waals surface area contributed by atoms with Crippen LogP contribution < -0.4 is 4.74 Å². The molecule has 0 aliphatic carbocycles. The number of hydrogen-bond acceptors (Lipinski definition) is 2. The molecule has 0 radical (unpaired) electrons. The van der Waals surface area contributed by atoms with Gasteiger partial charge in [0.2, 0.25) is 0 Å². The molecule has 0 aliphatic rings. The summed E-state index contributed by atoms with van der Waals surface area (Å²) in [5.74, 6) is 0.840. The summed E-state index contributed by atoms with van der Waals surface area (Å²) in [6.07, 6.45) is 0.799. The van der Waals surface area contributed by atoms with E-state index in [4.69, 9.17) is 16.3 Å². The van der Waals surface area contributed by atoms with E-state index in [9.17, 15) is 4.79 Å². The third-order valence-electron chi connectivity index (χ3n) is 2.96. The van der Waals surface area contributed by atoms with Gasteiger partial charge in [-0.25, -0.2) is 0 Å². The highest BCUT2D eigenvalue weighted by Gasteiger charge is 2.05. The van der Waals surface area contributed by atoms with Crippen molar-refractivity contribution in [1.82, 2.24) is 0 Å². The summed E-state index contributed by atoms with van der Waals surface area (Å²) in [5.41, 5.74) is 3.62. The van der Waals surface area contributed by atoms with Crippen molar-refractivity contribution < 1.29 is 9.53 Å². The molecule has 2 aromatic rings. The minimum Gasteiger partial charge on any atom is -0.489 e. The molecule has 0 aromatic heterocycles. The number of aryl methyl sites for hydroxylation is 2. The van der Waals surface area contributed by atoms with Crippen LogP contribution in [0, 0.1) is 13.8 Å². The van der Waals surface area contributed by atoms with Gasteiger partial charge in [-0.15, -0.1) is 13.2 Å². The summed E-state index contributed by atoms with van der Waals surface area (Å²) >= 11 is 5.86. The fourth-order valence-corrected chi connectivity index (χ4v) is 2.01. The Hall–Kier alpha value is -2.06. The van der Waals surface area contributed by atoms with Gasteiger partial charge in [0.05, 0.1) is 0 Å². The maximum Gasteiger partial charge on any atom is 0.150 e. The number of carbonyl (C=O) groups excluding carboxylic acids is 1. The zero-order chi connectivity index (χ0) is 15.8. The molecule has 0 saturated heterocycles. The summed E-state index contributed by atoms with van der Waals surface area (Å²) < 4.78 is 5.78. The summed E-state index contributed by atoms with van der Waals surface area (Å²) in [4.78, 5) is 11.0. The highest BCUT2D eigenvalue weighted by atomic mass is 35.5. The lowest BCUT2D eigenvalue weighted by molar-refractivity contribution is 0.112. The predicted octanol–water partition coefficient (Wildman–Crippen LogP) is 5.15. The molecule has 2 nitrogen and oxygen atoms in total. The van der Waals surface area contributed by atoms with Crippen LogP contribution in [0.3, 0.4) is 0 Å². The van der Waals surface area contributed by atoms with Gasteiger partial charge in [0.15, 0.2) is 6.29 Å². The van der Waals surface area contributed by atoms with Gasteiger partial charge in [-0.2, -0.15) is 0 Å². The number of benzene rings is 2. The van der Waals surface area contributed by atoms with Crippen LogP contribution in [0.4, 0.5) is 0 Å². The average molecular weight is 303 g/mol. The monoisotopic (exact) mass is 302 g/mol. The lowest BCUT2D eigenvalue weighted by Gasteiger charge is -2.11. The molecule has 0 heterocycles. The number of hydrogen-bond donors (Lipinski definition) is 0. The van der Waals surface area contributed by atoms with Gasteiger partial charge in [-0.3, -0.25) is 4.79 Å². The first-order valence-electron chi connectivity index (χ1n) is 6.54. The van der Waals surface area contributed by atoms with E-state index in [1.165, 1.54) is 0 Å². The first-order valence-corrected chi connectivity index (χ1v) is 6.91. The molecule has 0 N–H and O–H groups in total. The van der Waals surface area contributed by atoms with Crippen molar-refractivity contribution in [1.29, 1.82) is 0 Å². The van der Waals surface area contributed by atoms with Crippen molar-refractivity contribution in [3.05, 3.63) is 76.8 Å². The molecule has 110 valence electrons. The Kier molecular flexibility index (Phi) is 6.70. The fraction of sp³-hybridized carbons (Fsp3) is 0.167. The third-order valence-corrected chi connectivity index (χ3v) is 3.20. The Morgan fingerprint density at radius 2 is 1.86 bits per heavy atom.